The van der Waals surface area contributed by atoms with Gasteiger partial charge in [-0.1, -0.05) is 150 Å². The lowest BCUT2D eigenvalue weighted by Gasteiger charge is -2.44. The van der Waals surface area contributed by atoms with Crippen LogP contribution < -0.4 is 0 Å². The first-order valence-electron chi connectivity index (χ1n) is 13.2. The van der Waals surface area contributed by atoms with Crippen LogP contribution in [0.15, 0.2) is 108 Å². The SMILES string of the molecule is CC(C)C1=C(c2ccccc2)C(C(C)C)C(=Cc2ccccc2)C(C(C)C)C1=Cc1ccccc1. The number of allylic oxidation sites excluding steroid dienone is 4. The van der Waals surface area contributed by atoms with E-state index in [4.69, 9.17) is 0 Å². The normalized spacial score (nSPS) is 21.1. The first-order chi connectivity index (χ1) is 16.9. The van der Waals surface area contributed by atoms with Crippen LogP contribution in [0.2, 0.25) is 0 Å². The Morgan fingerprint density at radius 1 is 0.543 bits per heavy atom. The summed E-state index contributed by atoms with van der Waals surface area (Å²) in [5.74, 6) is 2.16. The van der Waals surface area contributed by atoms with Crippen molar-refractivity contribution < 1.29 is 0 Å². The molecule has 35 heavy (non-hydrogen) atoms. The molecule has 1 aliphatic carbocycles. The lowest BCUT2D eigenvalue weighted by atomic mass is 9.60. The molecule has 0 fully saturated rings. The Kier molecular flexibility index (Phi) is 7.91. The molecule has 180 valence electrons. The molecule has 0 nitrogen and oxygen atoms in total. The van der Waals surface area contributed by atoms with E-state index in [9.17, 15) is 0 Å². The molecule has 4 rings (SSSR count). The average molecular weight is 461 g/mol. The van der Waals surface area contributed by atoms with Crippen LogP contribution in [-0.4, -0.2) is 0 Å². The van der Waals surface area contributed by atoms with Gasteiger partial charge in [-0.05, 0) is 51.2 Å². The van der Waals surface area contributed by atoms with Crippen molar-refractivity contribution in [2.75, 3.05) is 0 Å². The van der Waals surface area contributed by atoms with E-state index in [-0.39, 0.29) is 0 Å². The zero-order chi connectivity index (χ0) is 24.9. The van der Waals surface area contributed by atoms with E-state index in [1.165, 1.54) is 33.4 Å². The Labute approximate surface area is 213 Å². The molecule has 3 aromatic rings. The van der Waals surface area contributed by atoms with Crippen molar-refractivity contribution in [2.24, 2.45) is 29.6 Å². The van der Waals surface area contributed by atoms with Crippen LogP contribution in [0.3, 0.4) is 0 Å². The molecule has 0 heterocycles. The minimum absolute atomic E-state index is 0.368. The molecule has 2 atom stereocenters. The van der Waals surface area contributed by atoms with E-state index in [1.807, 2.05) is 0 Å². The number of hydrogen-bond acceptors (Lipinski definition) is 0. The number of benzene rings is 3. The van der Waals surface area contributed by atoms with Crippen molar-refractivity contribution in [2.45, 2.75) is 41.5 Å². The molecule has 0 amide bonds. The van der Waals surface area contributed by atoms with Gasteiger partial charge in [0.25, 0.3) is 0 Å². The highest BCUT2D eigenvalue weighted by Gasteiger charge is 2.40. The summed E-state index contributed by atoms with van der Waals surface area (Å²) in [6.07, 6.45) is 4.96. The molecule has 0 saturated carbocycles. The van der Waals surface area contributed by atoms with Crippen molar-refractivity contribution in [3.63, 3.8) is 0 Å². The lowest BCUT2D eigenvalue weighted by molar-refractivity contribution is 0.415. The second-order valence-corrected chi connectivity index (χ2v) is 10.9. The Hall–Kier alpha value is -3.12. The lowest BCUT2D eigenvalue weighted by Crippen LogP contribution is -2.32. The predicted molar refractivity (Wildman–Crippen MR) is 154 cm³/mol. The molecule has 3 aromatic carbocycles. The van der Waals surface area contributed by atoms with Gasteiger partial charge in [0.1, 0.15) is 0 Å². The van der Waals surface area contributed by atoms with E-state index >= 15 is 0 Å². The van der Waals surface area contributed by atoms with Gasteiger partial charge in [0.15, 0.2) is 0 Å². The minimum Gasteiger partial charge on any atom is -0.0622 e. The number of rotatable bonds is 6. The van der Waals surface area contributed by atoms with Crippen LogP contribution in [0, 0.1) is 29.6 Å². The summed E-state index contributed by atoms with van der Waals surface area (Å²) in [4.78, 5) is 0. The highest BCUT2D eigenvalue weighted by molar-refractivity contribution is 5.84. The Balaban J connectivity index is 2.11. The van der Waals surface area contributed by atoms with Gasteiger partial charge in [0.2, 0.25) is 0 Å². The fourth-order valence-electron chi connectivity index (χ4n) is 5.91. The monoisotopic (exact) mass is 460 g/mol. The number of hydrogen-bond donors (Lipinski definition) is 0. The molecule has 0 saturated heterocycles. The van der Waals surface area contributed by atoms with Gasteiger partial charge in [0, 0.05) is 11.8 Å². The minimum atomic E-state index is 0.368. The van der Waals surface area contributed by atoms with E-state index in [2.05, 4.69) is 145 Å². The van der Waals surface area contributed by atoms with Crippen LogP contribution in [0.1, 0.15) is 58.2 Å². The zero-order valence-corrected chi connectivity index (χ0v) is 22.2. The van der Waals surface area contributed by atoms with Crippen LogP contribution in [0.5, 0.6) is 0 Å². The Bertz CT molecular complexity index is 1190. The quantitative estimate of drug-likeness (QED) is 0.343. The highest BCUT2D eigenvalue weighted by atomic mass is 14.4. The molecule has 0 aromatic heterocycles. The summed E-state index contributed by atoms with van der Waals surface area (Å²) in [6.45, 7) is 14.3. The second-order valence-electron chi connectivity index (χ2n) is 10.9. The van der Waals surface area contributed by atoms with Crippen molar-refractivity contribution in [3.05, 3.63) is 124 Å². The van der Waals surface area contributed by atoms with Gasteiger partial charge in [-0.15, -0.1) is 0 Å². The fraction of sp³-hybridized carbons (Fsp3) is 0.314. The standard InChI is InChI=1S/C35H40/c1-24(2)32-30(22-27-16-10-7-11-17-27)33(25(3)4)35(29-20-14-9-15-21-29)34(26(5)6)31(32)23-28-18-12-8-13-19-28/h7-26,32-33H,1-6H3. The van der Waals surface area contributed by atoms with Gasteiger partial charge in [-0.3, -0.25) is 0 Å². The van der Waals surface area contributed by atoms with Crippen LogP contribution in [0.4, 0.5) is 0 Å². The van der Waals surface area contributed by atoms with Crippen molar-refractivity contribution in [3.8, 4) is 0 Å². The molecule has 0 spiro atoms. The van der Waals surface area contributed by atoms with Crippen LogP contribution in [0.25, 0.3) is 17.7 Å². The molecule has 0 N–H and O–H groups in total. The summed E-state index contributed by atoms with van der Waals surface area (Å²) in [7, 11) is 0. The van der Waals surface area contributed by atoms with Crippen molar-refractivity contribution >= 4 is 17.7 Å². The van der Waals surface area contributed by atoms with Crippen LogP contribution in [-0.2, 0) is 0 Å². The van der Waals surface area contributed by atoms with Crippen molar-refractivity contribution in [1.29, 1.82) is 0 Å². The third-order valence-electron chi connectivity index (χ3n) is 7.22. The molecular weight excluding hydrogens is 420 g/mol. The molecule has 0 bridgehead atoms. The molecule has 2 unspecified atom stereocenters. The van der Waals surface area contributed by atoms with Gasteiger partial charge in [0.05, 0.1) is 0 Å². The predicted octanol–water partition coefficient (Wildman–Crippen LogP) is 9.82. The largest absolute Gasteiger partial charge is 0.0622 e. The molecule has 0 heteroatoms. The summed E-state index contributed by atoms with van der Waals surface area (Å²) < 4.78 is 0. The molecular formula is C35H40. The van der Waals surface area contributed by atoms with Gasteiger partial charge in [-0.25, -0.2) is 0 Å². The van der Waals surface area contributed by atoms with Gasteiger partial charge in [-0.2, -0.15) is 0 Å². The Morgan fingerprint density at radius 2 is 1.00 bits per heavy atom. The van der Waals surface area contributed by atoms with Crippen LogP contribution >= 0.6 is 0 Å². The smallest absolute Gasteiger partial charge is 0.00896 e. The average Bonchev–Trinajstić information content (AvgIpc) is 2.84. The third kappa shape index (κ3) is 5.43. The zero-order valence-electron chi connectivity index (χ0n) is 22.2. The summed E-state index contributed by atoms with van der Waals surface area (Å²) in [5, 5.41) is 0. The van der Waals surface area contributed by atoms with E-state index in [1.54, 1.807) is 5.57 Å². The maximum atomic E-state index is 2.49. The van der Waals surface area contributed by atoms with E-state index in [0.29, 0.717) is 29.6 Å². The van der Waals surface area contributed by atoms with Gasteiger partial charge < -0.3 is 0 Å². The van der Waals surface area contributed by atoms with Crippen molar-refractivity contribution in [1.82, 2.24) is 0 Å². The highest BCUT2D eigenvalue weighted by Crippen LogP contribution is 2.54. The molecule has 0 radical (unpaired) electrons. The maximum absolute atomic E-state index is 2.49. The fourth-order valence-corrected chi connectivity index (χ4v) is 5.91. The Morgan fingerprint density at radius 3 is 1.46 bits per heavy atom. The van der Waals surface area contributed by atoms with Gasteiger partial charge >= 0.3 is 0 Å². The topological polar surface area (TPSA) is 0 Å². The summed E-state index contributed by atoms with van der Waals surface area (Å²) in [5.41, 5.74) is 10.00. The maximum Gasteiger partial charge on any atom is 0.00896 e. The second kappa shape index (κ2) is 11.1. The molecule has 0 aliphatic heterocycles. The molecule has 1 aliphatic rings. The first kappa shape index (κ1) is 25.0. The summed E-state index contributed by atoms with van der Waals surface area (Å²) >= 11 is 0. The third-order valence-corrected chi connectivity index (χ3v) is 7.22. The van der Waals surface area contributed by atoms with E-state index in [0.717, 1.165) is 0 Å². The van der Waals surface area contributed by atoms with E-state index < -0.39 is 0 Å². The first-order valence-corrected chi connectivity index (χ1v) is 13.2. The summed E-state index contributed by atoms with van der Waals surface area (Å²) in [6, 6.07) is 32.9.